The molecule has 12 aromatic rings. The Morgan fingerprint density at radius 3 is 1.00 bits per heavy atom. The summed E-state index contributed by atoms with van der Waals surface area (Å²) >= 11 is 0. The van der Waals surface area contributed by atoms with Gasteiger partial charge in [0, 0.05) is 55.1 Å². The first-order valence-electron chi connectivity index (χ1n) is 22.4. The lowest BCUT2D eigenvalue weighted by atomic mass is 9.93. The van der Waals surface area contributed by atoms with Crippen LogP contribution in [0, 0.1) is 0 Å². The van der Waals surface area contributed by atoms with Gasteiger partial charge in [-0.05, 0) is 129 Å². The van der Waals surface area contributed by atoms with Crippen molar-refractivity contribution in [1.82, 2.24) is 0 Å². The minimum Gasteiger partial charge on any atom is -0.456 e. The highest BCUT2D eigenvalue weighted by Crippen LogP contribution is 2.49. The molecule has 0 fully saturated rings. The van der Waals surface area contributed by atoms with Crippen molar-refractivity contribution >= 4 is 110 Å². The van der Waals surface area contributed by atoms with Gasteiger partial charge in [-0.3, -0.25) is 0 Å². The maximum Gasteiger partial charge on any atom is 0.135 e. The Bertz CT molecular complexity index is 3490. The van der Waals surface area contributed by atoms with E-state index in [4.69, 9.17) is 8.83 Å². The summed E-state index contributed by atoms with van der Waals surface area (Å²) < 4.78 is 12.7. The first-order chi connectivity index (χ1) is 31.4. The number of benzene rings is 10. The molecule has 0 saturated carbocycles. The molecule has 0 aliphatic carbocycles. The molecule has 0 saturated heterocycles. The van der Waals surface area contributed by atoms with Crippen LogP contribution in [0.2, 0.25) is 0 Å². The lowest BCUT2D eigenvalue weighted by Gasteiger charge is -2.30. The second-order valence-electron chi connectivity index (χ2n) is 17.7. The summed E-state index contributed by atoms with van der Waals surface area (Å²) in [6, 6.07) is 70.7. The zero-order chi connectivity index (χ0) is 43.1. The third-order valence-corrected chi connectivity index (χ3v) is 13.2. The fourth-order valence-electron chi connectivity index (χ4n) is 9.86. The minimum absolute atomic E-state index is 0.423. The number of rotatable bonds is 8. The van der Waals surface area contributed by atoms with E-state index in [-0.39, 0.29) is 0 Å². The summed E-state index contributed by atoms with van der Waals surface area (Å²) in [5.41, 5.74) is 12.7. The maximum atomic E-state index is 6.34. The van der Waals surface area contributed by atoms with Crippen LogP contribution in [0.15, 0.2) is 203 Å². The number of nitrogens with zero attached hydrogens (tertiary/aromatic N) is 2. The lowest BCUT2D eigenvalue weighted by molar-refractivity contribution is 0.668. The average molecular weight is 827 g/mol. The number of fused-ring (bicyclic) bond motifs is 11. The number of anilines is 6. The first kappa shape index (κ1) is 37.9. The molecule has 4 nitrogen and oxygen atoms in total. The molecule has 0 N–H and O–H groups in total. The zero-order valence-corrected chi connectivity index (χ0v) is 36.3. The highest BCUT2D eigenvalue weighted by atomic mass is 16.3. The van der Waals surface area contributed by atoms with Crippen LogP contribution in [0.4, 0.5) is 34.1 Å². The van der Waals surface area contributed by atoms with E-state index in [1.807, 2.05) is 24.3 Å². The van der Waals surface area contributed by atoms with Gasteiger partial charge in [0.05, 0.1) is 11.4 Å². The molecule has 0 radical (unpaired) electrons. The van der Waals surface area contributed by atoms with Crippen LogP contribution in [-0.2, 0) is 0 Å². The summed E-state index contributed by atoms with van der Waals surface area (Å²) in [5, 5.41) is 11.5. The second kappa shape index (κ2) is 14.9. The molecule has 0 spiro atoms. The predicted molar refractivity (Wildman–Crippen MR) is 271 cm³/mol. The molecule has 10 aromatic carbocycles. The van der Waals surface area contributed by atoms with E-state index in [0.29, 0.717) is 11.8 Å². The van der Waals surface area contributed by atoms with Crippen molar-refractivity contribution in [2.24, 2.45) is 0 Å². The van der Waals surface area contributed by atoms with Crippen LogP contribution < -0.4 is 9.80 Å². The molecular weight excluding hydrogens is 781 g/mol. The molecule has 12 rings (SSSR count). The molecule has 308 valence electrons. The molecule has 0 aliphatic heterocycles. The van der Waals surface area contributed by atoms with E-state index < -0.39 is 0 Å². The van der Waals surface area contributed by atoms with Crippen molar-refractivity contribution in [1.29, 1.82) is 0 Å². The van der Waals surface area contributed by atoms with Gasteiger partial charge in [-0.15, -0.1) is 0 Å². The Balaban J connectivity index is 1.13. The number of furan rings is 2. The van der Waals surface area contributed by atoms with Crippen molar-refractivity contribution < 1.29 is 8.83 Å². The van der Waals surface area contributed by atoms with Crippen LogP contribution in [0.3, 0.4) is 0 Å². The van der Waals surface area contributed by atoms with Gasteiger partial charge < -0.3 is 18.6 Å². The van der Waals surface area contributed by atoms with E-state index in [9.17, 15) is 0 Å². The molecule has 4 heteroatoms. The molecule has 0 atom stereocenters. The standard InChI is InChI=1S/C60H46N2O2/c1-37(2)39-21-25-41(26-22-39)61(43-29-31-59-53(33-43)49-17-9-11-19-57(49)63-59)55-35-51-46-14-6-8-16-48(46)56(36-52(51)45-13-5-7-15-47(45)55)62(42-27-23-40(24-28-42)38(3)4)44-30-32-60-54(34-44)50-18-10-12-20-58(50)64-60/h5-38H,1-4H3. The molecular formula is C60H46N2O2. The van der Waals surface area contributed by atoms with E-state index >= 15 is 0 Å². The highest BCUT2D eigenvalue weighted by molar-refractivity contribution is 6.25. The molecule has 2 heterocycles. The molecule has 0 bridgehead atoms. The van der Waals surface area contributed by atoms with Crippen LogP contribution in [-0.4, -0.2) is 0 Å². The van der Waals surface area contributed by atoms with Crippen molar-refractivity contribution in [3.8, 4) is 0 Å². The summed E-state index contributed by atoms with van der Waals surface area (Å²) in [6.45, 7) is 9.00. The molecule has 0 aliphatic rings. The van der Waals surface area contributed by atoms with Gasteiger partial charge in [0.1, 0.15) is 22.3 Å². The van der Waals surface area contributed by atoms with Gasteiger partial charge in [-0.1, -0.05) is 137 Å². The lowest BCUT2D eigenvalue weighted by Crippen LogP contribution is -2.12. The fourth-order valence-corrected chi connectivity index (χ4v) is 9.86. The Morgan fingerprint density at radius 1 is 0.281 bits per heavy atom. The topological polar surface area (TPSA) is 32.8 Å². The van der Waals surface area contributed by atoms with Gasteiger partial charge in [-0.25, -0.2) is 0 Å². The molecule has 2 aromatic heterocycles. The minimum atomic E-state index is 0.423. The fraction of sp³-hybridized carbons (Fsp3) is 0.100. The van der Waals surface area contributed by atoms with Crippen LogP contribution in [0.5, 0.6) is 0 Å². The first-order valence-corrected chi connectivity index (χ1v) is 22.4. The Labute approximate surface area is 372 Å². The maximum absolute atomic E-state index is 6.34. The summed E-state index contributed by atoms with van der Waals surface area (Å²) in [6.07, 6.45) is 0. The number of hydrogen-bond donors (Lipinski definition) is 0. The Kier molecular flexibility index (Phi) is 8.84. The Hall–Kier alpha value is -7.82. The largest absolute Gasteiger partial charge is 0.456 e. The third-order valence-electron chi connectivity index (χ3n) is 13.2. The molecule has 0 amide bonds. The predicted octanol–water partition coefficient (Wildman–Crippen LogP) is 18.1. The Morgan fingerprint density at radius 2 is 0.609 bits per heavy atom. The normalized spacial score (nSPS) is 12.0. The van der Waals surface area contributed by atoms with Gasteiger partial charge in [0.15, 0.2) is 0 Å². The quantitative estimate of drug-likeness (QED) is 0.143. The van der Waals surface area contributed by atoms with Gasteiger partial charge in [0.2, 0.25) is 0 Å². The van der Waals surface area contributed by atoms with Crippen molar-refractivity contribution in [3.05, 3.63) is 205 Å². The van der Waals surface area contributed by atoms with E-state index in [0.717, 1.165) is 78.0 Å². The van der Waals surface area contributed by atoms with Gasteiger partial charge in [0.25, 0.3) is 0 Å². The smallest absolute Gasteiger partial charge is 0.135 e. The van der Waals surface area contributed by atoms with E-state index in [1.165, 1.54) is 43.4 Å². The van der Waals surface area contributed by atoms with Gasteiger partial charge in [-0.2, -0.15) is 0 Å². The van der Waals surface area contributed by atoms with Crippen molar-refractivity contribution in [3.63, 3.8) is 0 Å². The average Bonchev–Trinajstić information content (AvgIpc) is 3.90. The van der Waals surface area contributed by atoms with Crippen molar-refractivity contribution in [2.75, 3.05) is 9.80 Å². The second-order valence-corrected chi connectivity index (χ2v) is 17.7. The monoisotopic (exact) mass is 826 g/mol. The van der Waals surface area contributed by atoms with Crippen LogP contribution in [0.1, 0.15) is 50.7 Å². The summed E-state index contributed by atoms with van der Waals surface area (Å²) in [4.78, 5) is 4.87. The summed E-state index contributed by atoms with van der Waals surface area (Å²) in [7, 11) is 0. The van der Waals surface area contributed by atoms with Crippen molar-refractivity contribution in [2.45, 2.75) is 39.5 Å². The van der Waals surface area contributed by atoms with Crippen LogP contribution >= 0.6 is 0 Å². The number of para-hydroxylation sites is 2. The number of hydrogen-bond acceptors (Lipinski definition) is 4. The molecule has 0 unspecified atom stereocenters. The van der Waals surface area contributed by atoms with Crippen LogP contribution in [0.25, 0.3) is 76.2 Å². The van der Waals surface area contributed by atoms with E-state index in [2.05, 4.69) is 207 Å². The van der Waals surface area contributed by atoms with E-state index in [1.54, 1.807) is 0 Å². The van der Waals surface area contributed by atoms with Gasteiger partial charge >= 0.3 is 0 Å². The zero-order valence-electron chi connectivity index (χ0n) is 36.3. The SMILES string of the molecule is CC(C)c1ccc(N(c2ccc3oc4ccccc4c3c2)c2cc3c4ccccc4c(N(c4ccc(C(C)C)cc4)c4ccc5oc6ccccc6c5c4)cc3c3ccccc23)cc1. The molecule has 64 heavy (non-hydrogen) atoms. The third kappa shape index (κ3) is 6.12. The summed E-state index contributed by atoms with van der Waals surface area (Å²) in [5.74, 6) is 0.846. The highest BCUT2D eigenvalue weighted by Gasteiger charge is 2.24.